The van der Waals surface area contributed by atoms with Gasteiger partial charge in [-0.05, 0) is 54.4 Å². The molecule has 2 nitrogen and oxygen atoms in total. The Morgan fingerprint density at radius 1 is 1.41 bits per heavy atom. The number of halogens is 1. The van der Waals surface area contributed by atoms with Crippen LogP contribution in [0.1, 0.15) is 30.7 Å². The van der Waals surface area contributed by atoms with Gasteiger partial charge in [-0.25, -0.2) is 0 Å². The Morgan fingerprint density at radius 2 is 2.24 bits per heavy atom. The van der Waals surface area contributed by atoms with Gasteiger partial charge in [-0.1, -0.05) is 11.6 Å². The van der Waals surface area contributed by atoms with E-state index in [1.54, 1.807) is 7.11 Å². The molecule has 1 heterocycles. The van der Waals surface area contributed by atoms with Crippen LogP contribution in [0.3, 0.4) is 0 Å². The van der Waals surface area contributed by atoms with Crippen LogP contribution in [-0.2, 0) is 0 Å². The van der Waals surface area contributed by atoms with E-state index in [4.69, 9.17) is 16.3 Å². The molecule has 2 aliphatic rings. The van der Waals surface area contributed by atoms with Crippen LogP contribution in [-0.4, -0.2) is 20.2 Å². The third kappa shape index (κ3) is 1.94. The molecule has 3 heteroatoms. The van der Waals surface area contributed by atoms with E-state index in [2.05, 4.69) is 11.4 Å². The summed E-state index contributed by atoms with van der Waals surface area (Å²) < 4.78 is 5.46. The number of methoxy groups -OCH3 is 1. The van der Waals surface area contributed by atoms with Crippen molar-refractivity contribution in [3.05, 3.63) is 28.8 Å². The molecule has 0 amide bonds. The van der Waals surface area contributed by atoms with E-state index in [1.807, 2.05) is 12.1 Å². The molecule has 1 unspecified atom stereocenters. The molecule has 1 N–H and O–H groups in total. The molecule has 17 heavy (non-hydrogen) atoms. The van der Waals surface area contributed by atoms with Gasteiger partial charge in [0.2, 0.25) is 0 Å². The average molecular weight is 252 g/mol. The smallest absolute Gasteiger partial charge is 0.122 e. The van der Waals surface area contributed by atoms with E-state index in [-0.39, 0.29) is 0 Å². The summed E-state index contributed by atoms with van der Waals surface area (Å²) in [6.07, 6.45) is 3.87. The van der Waals surface area contributed by atoms with Crippen LogP contribution in [0.25, 0.3) is 0 Å². The number of hydrogen-bond donors (Lipinski definition) is 1. The quantitative estimate of drug-likeness (QED) is 0.872. The molecule has 0 aromatic heterocycles. The maximum Gasteiger partial charge on any atom is 0.122 e. The molecule has 1 saturated heterocycles. The maximum atomic E-state index is 6.10. The minimum atomic E-state index is 0.567. The van der Waals surface area contributed by atoms with Crippen molar-refractivity contribution in [2.24, 2.45) is 5.41 Å². The summed E-state index contributed by atoms with van der Waals surface area (Å²) in [5.74, 6) is 1.61. The highest BCUT2D eigenvalue weighted by Crippen LogP contribution is 2.50. The molecular formula is C14H18ClNO. The van der Waals surface area contributed by atoms with Crippen LogP contribution in [0.15, 0.2) is 18.2 Å². The van der Waals surface area contributed by atoms with Crippen LogP contribution in [0.2, 0.25) is 5.02 Å². The molecule has 1 saturated carbocycles. The molecule has 0 radical (unpaired) electrons. The molecule has 3 rings (SSSR count). The molecule has 1 atom stereocenters. The number of rotatable bonds is 2. The Hall–Kier alpha value is -0.730. The number of ether oxygens (including phenoxy) is 1. The Kier molecular flexibility index (Phi) is 2.80. The topological polar surface area (TPSA) is 21.3 Å². The Bertz CT molecular complexity index is 428. The van der Waals surface area contributed by atoms with Crippen LogP contribution in [0.4, 0.5) is 0 Å². The third-order valence-corrected chi connectivity index (χ3v) is 4.57. The van der Waals surface area contributed by atoms with E-state index in [1.165, 1.54) is 37.9 Å². The lowest BCUT2D eigenvalue weighted by Crippen LogP contribution is -2.51. The highest BCUT2D eigenvalue weighted by atomic mass is 35.5. The fourth-order valence-corrected chi connectivity index (χ4v) is 3.48. The van der Waals surface area contributed by atoms with Crippen molar-refractivity contribution in [2.75, 3.05) is 20.2 Å². The average Bonchev–Trinajstić information content (AvgIpc) is 2.73. The summed E-state index contributed by atoms with van der Waals surface area (Å²) >= 11 is 6.10. The summed E-state index contributed by atoms with van der Waals surface area (Å²) in [4.78, 5) is 0. The molecule has 92 valence electrons. The van der Waals surface area contributed by atoms with Gasteiger partial charge in [0.1, 0.15) is 5.75 Å². The van der Waals surface area contributed by atoms with E-state index in [0.717, 1.165) is 10.8 Å². The van der Waals surface area contributed by atoms with Gasteiger partial charge in [-0.3, -0.25) is 0 Å². The van der Waals surface area contributed by atoms with Crippen molar-refractivity contribution >= 4 is 11.6 Å². The Labute approximate surface area is 107 Å². The maximum absolute atomic E-state index is 6.10. The van der Waals surface area contributed by atoms with E-state index in [9.17, 15) is 0 Å². The molecule has 0 bridgehead atoms. The van der Waals surface area contributed by atoms with Crippen LogP contribution >= 0.6 is 11.6 Å². The summed E-state index contributed by atoms with van der Waals surface area (Å²) in [5, 5.41) is 4.21. The van der Waals surface area contributed by atoms with E-state index < -0.39 is 0 Å². The monoisotopic (exact) mass is 251 g/mol. The van der Waals surface area contributed by atoms with E-state index in [0.29, 0.717) is 11.3 Å². The normalized spacial score (nSPS) is 25.9. The van der Waals surface area contributed by atoms with Gasteiger partial charge in [0.25, 0.3) is 0 Å². The lowest BCUT2D eigenvalue weighted by atomic mass is 9.79. The zero-order valence-corrected chi connectivity index (χ0v) is 10.9. The van der Waals surface area contributed by atoms with Gasteiger partial charge in [-0.2, -0.15) is 0 Å². The highest BCUT2D eigenvalue weighted by molar-refractivity contribution is 6.30. The van der Waals surface area contributed by atoms with Crippen LogP contribution in [0, 0.1) is 5.41 Å². The predicted molar refractivity (Wildman–Crippen MR) is 69.9 cm³/mol. The second-order valence-corrected chi connectivity index (χ2v) is 5.87. The Balaban J connectivity index is 1.86. The summed E-state index contributed by atoms with van der Waals surface area (Å²) in [6.45, 7) is 2.37. The first-order chi connectivity index (χ1) is 8.22. The SMILES string of the molecule is COc1ccc(Cl)cc1C1CCC2(CNC2)C1. The zero-order valence-electron chi connectivity index (χ0n) is 10.1. The summed E-state index contributed by atoms with van der Waals surface area (Å²) in [5.41, 5.74) is 1.86. The summed E-state index contributed by atoms with van der Waals surface area (Å²) in [6, 6.07) is 5.97. The molecule has 1 spiro atoms. The number of benzene rings is 1. The molecule has 1 aliphatic carbocycles. The lowest BCUT2D eigenvalue weighted by Gasteiger charge is -2.39. The molecule has 1 aromatic carbocycles. The molecule has 1 aliphatic heterocycles. The van der Waals surface area contributed by atoms with Crippen LogP contribution in [0.5, 0.6) is 5.75 Å². The Morgan fingerprint density at radius 3 is 2.82 bits per heavy atom. The lowest BCUT2D eigenvalue weighted by molar-refractivity contribution is 0.175. The van der Waals surface area contributed by atoms with Gasteiger partial charge in [0, 0.05) is 18.1 Å². The third-order valence-electron chi connectivity index (χ3n) is 4.33. The second-order valence-electron chi connectivity index (χ2n) is 5.43. The van der Waals surface area contributed by atoms with Crippen molar-refractivity contribution in [2.45, 2.75) is 25.2 Å². The fraction of sp³-hybridized carbons (Fsp3) is 0.571. The largest absolute Gasteiger partial charge is 0.496 e. The first-order valence-corrected chi connectivity index (χ1v) is 6.64. The second kappa shape index (κ2) is 4.18. The molecule has 1 aromatic rings. The van der Waals surface area contributed by atoms with Gasteiger partial charge in [0.05, 0.1) is 7.11 Å². The van der Waals surface area contributed by atoms with Crippen molar-refractivity contribution in [1.29, 1.82) is 0 Å². The highest BCUT2D eigenvalue weighted by Gasteiger charge is 2.44. The first kappa shape index (κ1) is 11.4. The van der Waals surface area contributed by atoms with Gasteiger partial charge >= 0.3 is 0 Å². The van der Waals surface area contributed by atoms with Crippen molar-refractivity contribution in [1.82, 2.24) is 5.32 Å². The van der Waals surface area contributed by atoms with Crippen molar-refractivity contribution in [3.63, 3.8) is 0 Å². The zero-order chi connectivity index (χ0) is 11.9. The summed E-state index contributed by atoms with van der Waals surface area (Å²) in [7, 11) is 1.74. The fourth-order valence-electron chi connectivity index (χ4n) is 3.30. The first-order valence-electron chi connectivity index (χ1n) is 6.27. The molecular weight excluding hydrogens is 234 g/mol. The van der Waals surface area contributed by atoms with Gasteiger partial charge < -0.3 is 10.1 Å². The number of hydrogen-bond acceptors (Lipinski definition) is 2. The predicted octanol–water partition coefficient (Wildman–Crippen LogP) is 3.21. The van der Waals surface area contributed by atoms with Crippen LogP contribution < -0.4 is 10.1 Å². The minimum Gasteiger partial charge on any atom is -0.496 e. The molecule has 2 fully saturated rings. The standard InChI is InChI=1S/C14H18ClNO/c1-17-13-3-2-11(15)6-12(13)10-4-5-14(7-10)8-16-9-14/h2-3,6,10,16H,4-5,7-9H2,1H3. The van der Waals surface area contributed by atoms with Crippen molar-refractivity contribution < 1.29 is 4.74 Å². The van der Waals surface area contributed by atoms with Gasteiger partial charge in [0.15, 0.2) is 0 Å². The van der Waals surface area contributed by atoms with Gasteiger partial charge in [-0.15, -0.1) is 0 Å². The minimum absolute atomic E-state index is 0.567. The van der Waals surface area contributed by atoms with E-state index >= 15 is 0 Å². The van der Waals surface area contributed by atoms with Crippen molar-refractivity contribution in [3.8, 4) is 5.75 Å². The number of nitrogens with one attached hydrogen (secondary N) is 1.